The normalized spacial score (nSPS) is 13.4. The summed E-state index contributed by atoms with van der Waals surface area (Å²) in [4.78, 5) is 0. The zero-order valence-electron chi connectivity index (χ0n) is 12.4. The highest BCUT2D eigenvalue weighted by Gasteiger charge is 2.11. The zero-order valence-corrected chi connectivity index (χ0v) is 12.4. The quantitative estimate of drug-likeness (QED) is 0.661. The van der Waals surface area contributed by atoms with Crippen molar-refractivity contribution in [1.82, 2.24) is 0 Å². The summed E-state index contributed by atoms with van der Waals surface area (Å²) >= 11 is 0. The molecule has 0 unspecified atom stereocenters. The molecule has 104 valence electrons. The summed E-state index contributed by atoms with van der Waals surface area (Å²) in [6.45, 7) is 2.23. The van der Waals surface area contributed by atoms with Crippen LogP contribution in [0.1, 0.15) is 30.9 Å². The van der Waals surface area contributed by atoms with Crippen LogP contribution in [-0.2, 0) is 0 Å². The topological polar surface area (TPSA) is 0 Å². The summed E-state index contributed by atoms with van der Waals surface area (Å²) in [6, 6.07) is 21.3. The molecular formula is C21H20. The second kappa shape index (κ2) is 6.41. The van der Waals surface area contributed by atoms with Gasteiger partial charge >= 0.3 is 0 Å². The Hall–Kier alpha value is -2.34. The van der Waals surface area contributed by atoms with Crippen molar-refractivity contribution < 1.29 is 0 Å². The van der Waals surface area contributed by atoms with Crippen molar-refractivity contribution in [2.75, 3.05) is 0 Å². The highest BCUT2D eigenvalue weighted by Crippen LogP contribution is 2.32. The molecule has 0 amide bonds. The van der Waals surface area contributed by atoms with Crippen LogP contribution >= 0.6 is 0 Å². The van der Waals surface area contributed by atoms with Gasteiger partial charge < -0.3 is 0 Å². The molecule has 0 heteroatoms. The van der Waals surface area contributed by atoms with Crippen molar-refractivity contribution in [3.8, 4) is 0 Å². The third kappa shape index (κ3) is 3.05. The largest absolute Gasteiger partial charge is 0.0651 e. The lowest BCUT2D eigenvalue weighted by atomic mass is 9.93. The fraction of sp³-hybridized carbons (Fsp3) is 0.143. The second-order valence-corrected chi connectivity index (χ2v) is 5.36. The van der Waals surface area contributed by atoms with Gasteiger partial charge in [-0.3, -0.25) is 0 Å². The number of rotatable bonds is 4. The summed E-state index contributed by atoms with van der Waals surface area (Å²) in [5.74, 6) is 0. The van der Waals surface area contributed by atoms with Gasteiger partial charge in [0.2, 0.25) is 0 Å². The van der Waals surface area contributed by atoms with E-state index in [-0.39, 0.29) is 0 Å². The van der Waals surface area contributed by atoms with Crippen LogP contribution in [0.3, 0.4) is 0 Å². The smallest absolute Gasteiger partial charge is 0.00388 e. The first kappa shape index (κ1) is 13.6. The fourth-order valence-electron chi connectivity index (χ4n) is 2.80. The van der Waals surface area contributed by atoms with Crippen molar-refractivity contribution in [2.24, 2.45) is 0 Å². The Kier molecular flexibility index (Phi) is 4.16. The van der Waals surface area contributed by atoms with E-state index in [0.717, 1.165) is 6.42 Å². The molecule has 3 rings (SSSR count). The fourth-order valence-corrected chi connectivity index (χ4v) is 2.80. The highest BCUT2D eigenvalue weighted by atomic mass is 14.2. The summed E-state index contributed by atoms with van der Waals surface area (Å²) in [5.41, 5.74) is 6.61. The molecule has 1 aliphatic rings. The molecule has 0 fully saturated rings. The molecule has 0 atom stereocenters. The molecule has 2 aromatic carbocycles. The second-order valence-electron chi connectivity index (χ2n) is 5.36. The van der Waals surface area contributed by atoms with Gasteiger partial charge in [0.15, 0.2) is 0 Å². The molecule has 0 nitrogen and oxygen atoms in total. The van der Waals surface area contributed by atoms with Gasteiger partial charge in [-0.25, -0.2) is 0 Å². The van der Waals surface area contributed by atoms with Gasteiger partial charge in [-0.05, 0) is 34.3 Å². The molecule has 0 aliphatic heterocycles. The van der Waals surface area contributed by atoms with Crippen molar-refractivity contribution in [2.45, 2.75) is 19.8 Å². The van der Waals surface area contributed by atoms with E-state index in [0.29, 0.717) is 0 Å². The van der Waals surface area contributed by atoms with Gasteiger partial charge in [0.1, 0.15) is 0 Å². The van der Waals surface area contributed by atoms with Gasteiger partial charge in [-0.15, -0.1) is 0 Å². The van der Waals surface area contributed by atoms with Crippen LogP contribution in [0.2, 0.25) is 0 Å². The van der Waals surface area contributed by atoms with Crippen molar-refractivity contribution >= 4 is 5.57 Å². The SMILES string of the molecule is CCCC1=CC(=C(c2ccccc2)c2ccccc2)C=C1. The molecule has 0 radical (unpaired) electrons. The molecule has 1 aliphatic carbocycles. The Morgan fingerprint density at radius 2 is 1.33 bits per heavy atom. The molecule has 0 N–H and O–H groups in total. The first-order valence-electron chi connectivity index (χ1n) is 7.62. The van der Waals surface area contributed by atoms with Crippen molar-refractivity contribution in [1.29, 1.82) is 0 Å². The Morgan fingerprint density at radius 3 is 1.86 bits per heavy atom. The van der Waals surface area contributed by atoms with E-state index in [1.807, 2.05) is 0 Å². The van der Waals surface area contributed by atoms with Gasteiger partial charge in [0, 0.05) is 0 Å². The first-order chi connectivity index (χ1) is 10.4. The molecule has 0 spiro atoms. The van der Waals surface area contributed by atoms with Gasteiger partial charge in [-0.1, -0.05) is 92.2 Å². The van der Waals surface area contributed by atoms with Crippen LogP contribution in [0.5, 0.6) is 0 Å². The van der Waals surface area contributed by atoms with E-state index in [9.17, 15) is 0 Å². The van der Waals surface area contributed by atoms with Crippen LogP contribution in [0.4, 0.5) is 0 Å². The van der Waals surface area contributed by atoms with Gasteiger partial charge in [0.05, 0.1) is 0 Å². The lowest BCUT2D eigenvalue weighted by molar-refractivity contribution is 0.929. The van der Waals surface area contributed by atoms with Crippen LogP contribution in [0.25, 0.3) is 5.57 Å². The van der Waals surface area contributed by atoms with Crippen molar-refractivity contribution in [3.63, 3.8) is 0 Å². The Balaban J connectivity index is 2.13. The minimum absolute atomic E-state index is 1.15. The maximum absolute atomic E-state index is 2.33. The lowest BCUT2D eigenvalue weighted by Crippen LogP contribution is -1.90. The maximum atomic E-state index is 2.33. The Labute approximate surface area is 127 Å². The molecule has 0 heterocycles. The number of hydrogen-bond acceptors (Lipinski definition) is 0. The predicted octanol–water partition coefficient (Wildman–Crippen LogP) is 5.78. The van der Waals surface area contributed by atoms with Crippen molar-refractivity contribution in [3.05, 3.63) is 101 Å². The summed E-state index contributed by atoms with van der Waals surface area (Å²) in [5, 5.41) is 0. The minimum atomic E-state index is 1.15. The lowest BCUT2D eigenvalue weighted by Gasteiger charge is -2.11. The standard InChI is InChI=1S/C21H20/c1-2-9-17-14-15-20(16-17)21(18-10-5-3-6-11-18)19-12-7-4-8-13-19/h3-8,10-16H,2,9H2,1H3. The van der Waals surface area contributed by atoms with Gasteiger partial charge in [-0.2, -0.15) is 0 Å². The molecule has 0 bridgehead atoms. The molecule has 0 saturated carbocycles. The first-order valence-corrected chi connectivity index (χ1v) is 7.62. The van der Waals surface area contributed by atoms with E-state index in [4.69, 9.17) is 0 Å². The van der Waals surface area contributed by atoms with E-state index < -0.39 is 0 Å². The monoisotopic (exact) mass is 272 g/mol. The van der Waals surface area contributed by atoms with E-state index in [2.05, 4.69) is 85.8 Å². The van der Waals surface area contributed by atoms with Gasteiger partial charge in [0.25, 0.3) is 0 Å². The van der Waals surface area contributed by atoms with E-state index >= 15 is 0 Å². The number of allylic oxidation sites excluding steroid dienone is 5. The third-order valence-corrected chi connectivity index (χ3v) is 3.77. The molecule has 2 aromatic rings. The third-order valence-electron chi connectivity index (χ3n) is 3.77. The Morgan fingerprint density at radius 1 is 0.762 bits per heavy atom. The Bertz CT molecular complexity index is 644. The van der Waals surface area contributed by atoms with Crippen LogP contribution in [0.15, 0.2) is 90.0 Å². The maximum Gasteiger partial charge on any atom is -0.00388 e. The van der Waals surface area contributed by atoms with Crippen LogP contribution < -0.4 is 0 Å². The molecule has 0 aromatic heterocycles. The van der Waals surface area contributed by atoms with Crippen LogP contribution in [0, 0.1) is 0 Å². The zero-order chi connectivity index (χ0) is 14.5. The summed E-state index contributed by atoms with van der Waals surface area (Å²) < 4.78 is 0. The average molecular weight is 272 g/mol. The molecular weight excluding hydrogens is 252 g/mol. The molecule has 21 heavy (non-hydrogen) atoms. The minimum Gasteiger partial charge on any atom is -0.0651 e. The molecule has 0 saturated heterocycles. The summed E-state index contributed by atoms with van der Waals surface area (Å²) in [7, 11) is 0. The highest BCUT2D eigenvalue weighted by molar-refractivity contribution is 5.86. The predicted molar refractivity (Wildman–Crippen MR) is 91.0 cm³/mol. The number of hydrogen-bond donors (Lipinski definition) is 0. The van der Waals surface area contributed by atoms with Crippen LogP contribution in [-0.4, -0.2) is 0 Å². The van der Waals surface area contributed by atoms with E-state index in [1.165, 1.54) is 34.3 Å². The van der Waals surface area contributed by atoms with E-state index in [1.54, 1.807) is 0 Å². The average Bonchev–Trinajstić information content (AvgIpc) is 2.98. The number of benzene rings is 2. The summed E-state index contributed by atoms with van der Waals surface area (Å²) in [6.07, 6.45) is 9.18.